The van der Waals surface area contributed by atoms with E-state index in [4.69, 9.17) is 0 Å². The minimum atomic E-state index is -0.169. The van der Waals surface area contributed by atoms with Gasteiger partial charge in [0.1, 0.15) is 0 Å². The van der Waals surface area contributed by atoms with Gasteiger partial charge in [0.15, 0.2) is 0 Å². The van der Waals surface area contributed by atoms with E-state index < -0.39 is 0 Å². The van der Waals surface area contributed by atoms with E-state index in [1.807, 2.05) is 6.92 Å². The van der Waals surface area contributed by atoms with E-state index in [1.165, 1.54) is 9.75 Å². The van der Waals surface area contributed by atoms with Crippen molar-refractivity contribution < 1.29 is 4.79 Å². The Morgan fingerprint density at radius 3 is 2.67 bits per heavy atom. The summed E-state index contributed by atoms with van der Waals surface area (Å²) in [7, 11) is 0. The zero-order valence-electron chi connectivity index (χ0n) is 12.0. The summed E-state index contributed by atoms with van der Waals surface area (Å²) in [5, 5.41) is 10.8. The summed E-state index contributed by atoms with van der Waals surface area (Å²) in [4.78, 5) is 14.8. The van der Waals surface area contributed by atoms with Crippen LogP contribution < -0.4 is 10.6 Å². The van der Waals surface area contributed by atoms with Crippen molar-refractivity contribution in [1.29, 1.82) is 0 Å². The van der Waals surface area contributed by atoms with Gasteiger partial charge in [-0.1, -0.05) is 12.1 Å². The lowest BCUT2D eigenvalue weighted by molar-refractivity contribution is -0.123. The van der Waals surface area contributed by atoms with Gasteiger partial charge in [-0.05, 0) is 42.7 Å². The van der Waals surface area contributed by atoms with E-state index in [1.54, 1.807) is 22.7 Å². The Morgan fingerprint density at radius 2 is 2.05 bits per heavy atom. The van der Waals surface area contributed by atoms with Crippen LogP contribution in [0, 0.1) is 0 Å². The Kier molecular flexibility index (Phi) is 4.73. The lowest BCUT2D eigenvalue weighted by atomic mass is 10.1. The topological polar surface area (TPSA) is 41.1 Å². The van der Waals surface area contributed by atoms with Crippen LogP contribution in [0.25, 0.3) is 0 Å². The van der Waals surface area contributed by atoms with E-state index in [-0.39, 0.29) is 18.0 Å². The largest absolute Gasteiger partial charge is 0.352 e. The zero-order chi connectivity index (χ0) is 14.7. The molecule has 0 aliphatic heterocycles. The van der Waals surface area contributed by atoms with E-state index in [9.17, 15) is 4.79 Å². The molecule has 2 aromatic rings. The van der Waals surface area contributed by atoms with Crippen LogP contribution in [0.5, 0.6) is 0 Å². The monoisotopic (exact) mass is 320 g/mol. The Hall–Kier alpha value is -1.17. The molecule has 2 aromatic heterocycles. The number of nitrogens with one attached hydrogen (secondary N) is 2. The first kappa shape index (κ1) is 14.8. The third-order valence-electron chi connectivity index (χ3n) is 3.64. The molecule has 3 rings (SSSR count). The predicted octanol–water partition coefficient (Wildman–Crippen LogP) is 3.35. The molecule has 21 heavy (non-hydrogen) atoms. The molecule has 3 nitrogen and oxygen atoms in total. The first-order chi connectivity index (χ1) is 10.2. The van der Waals surface area contributed by atoms with Crippen molar-refractivity contribution in [3.8, 4) is 0 Å². The SMILES string of the molecule is CC(NC(Cc1cccs1)c1cccs1)C(=O)NC1CC1. The van der Waals surface area contributed by atoms with Crippen molar-refractivity contribution in [2.45, 2.75) is 44.3 Å². The number of rotatable bonds is 7. The van der Waals surface area contributed by atoms with Gasteiger partial charge in [-0.2, -0.15) is 0 Å². The second-order valence-corrected chi connectivity index (χ2v) is 7.53. The molecule has 0 spiro atoms. The first-order valence-electron chi connectivity index (χ1n) is 7.34. The maximum atomic E-state index is 12.1. The molecule has 0 radical (unpaired) electrons. The lowest BCUT2D eigenvalue weighted by Gasteiger charge is -2.22. The summed E-state index contributed by atoms with van der Waals surface area (Å²) in [6.45, 7) is 1.95. The summed E-state index contributed by atoms with van der Waals surface area (Å²) in [6, 6.07) is 8.89. The Labute approximate surface area is 133 Å². The van der Waals surface area contributed by atoms with Crippen molar-refractivity contribution in [3.05, 3.63) is 44.8 Å². The van der Waals surface area contributed by atoms with Gasteiger partial charge in [-0.3, -0.25) is 10.1 Å². The zero-order valence-corrected chi connectivity index (χ0v) is 13.7. The van der Waals surface area contributed by atoms with Crippen LogP contribution in [0.15, 0.2) is 35.0 Å². The summed E-state index contributed by atoms with van der Waals surface area (Å²) in [5.41, 5.74) is 0. The van der Waals surface area contributed by atoms with Crippen molar-refractivity contribution in [2.24, 2.45) is 0 Å². The molecular formula is C16H20N2OS2. The highest BCUT2D eigenvalue weighted by Gasteiger charge is 2.27. The van der Waals surface area contributed by atoms with Crippen molar-refractivity contribution in [2.75, 3.05) is 0 Å². The van der Waals surface area contributed by atoms with Crippen LogP contribution in [0.2, 0.25) is 0 Å². The van der Waals surface area contributed by atoms with Gasteiger partial charge in [-0.25, -0.2) is 0 Å². The van der Waals surface area contributed by atoms with Gasteiger partial charge in [0.05, 0.1) is 6.04 Å². The molecular weight excluding hydrogens is 300 g/mol. The molecule has 1 aliphatic rings. The molecule has 2 N–H and O–H groups in total. The third kappa shape index (κ3) is 4.15. The highest BCUT2D eigenvalue weighted by atomic mass is 32.1. The van der Waals surface area contributed by atoms with Crippen molar-refractivity contribution in [3.63, 3.8) is 0 Å². The second-order valence-electron chi connectivity index (χ2n) is 5.52. The maximum absolute atomic E-state index is 12.1. The van der Waals surface area contributed by atoms with E-state index in [2.05, 4.69) is 45.7 Å². The summed E-state index contributed by atoms with van der Waals surface area (Å²) in [6.07, 6.45) is 3.18. The summed E-state index contributed by atoms with van der Waals surface area (Å²) < 4.78 is 0. The van der Waals surface area contributed by atoms with Crippen LogP contribution in [0.1, 0.15) is 35.6 Å². The molecule has 112 valence electrons. The highest BCUT2D eigenvalue weighted by Crippen LogP contribution is 2.25. The summed E-state index contributed by atoms with van der Waals surface area (Å²) >= 11 is 3.51. The number of hydrogen-bond donors (Lipinski definition) is 2. The van der Waals surface area contributed by atoms with Crippen LogP contribution in [-0.2, 0) is 11.2 Å². The number of carbonyl (C=O) groups is 1. The molecule has 1 saturated carbocycles. The van der Waals surface area contributed by atoms with E-state index in [0.717, 1.165) is 19.3 Å². The minimum Gasteiger partial charge on any atom is -0.352 e. The molecule has 2 heterocycles. The fraction of sp³-hybridized carbons (Fsp3) is 0.438. The molecule has 2 unspecified atom stereocenters. The molecule has 1 fully saturated rings. The van der Waals surface area contributed by atoms with E-state index in [0.29, 0.717) is 6.04 Å². The van der Waals surface area contributed by atoms with Gasteiger partial charge >= 0.3 is 0 Å². The number of hydrogen-bond acceptors (Lipinski definition) is 4. The molecule has 0 saturated heterocycles. The van der Waals surface area contributed by atoms with Crippen molar-refractivity contribution >= 4 is 28.6 Å². The van der Waals surface area contributed by atoms with Gasteiger partial charge in [0.2, 0.25) is 5.91 Å². The van der Waals surface area contributed by atoms with Gasteiger partial charge in [-0.15, -0.1) is 22.7 Å². The van der Waals surface area contributed by atoms with Gasteiger partial charge in [0.25, 0.3) is 0 Å². The Bertz CT molecular complexity index is 561. The first-order valence-corrected chi connectivity index (χ1v) is 9.10. The quantitative estimate of drug-likeness (QED) is 0.821. The number of thiophene rings is 2. The maximum Gasteiger partial charge on any atom is 0.237 e. The average Bonchev–Trinajstić information content (AvgIpc) is 2.97. The molecule has 1 amide bonds. The lowest BCUT2D eigenvalue weighted by Crippen LogP contribution is -2.44. The van der Waals surface area contributed by atoms with Crippen molar-refractivity contribution in [1.82, 2.24) is 10.6 Å². The molecule has 5 heteroatoms. The molecule has 2 atom stereocenters. The van der Waals surface area contributed by atoms with Crippen LogP contribution >= 0.6 is 22.7 Å². The number of amides is 1. The second kappa shape index (κ2) is 6.73. The van der Waals surface area contributed by atoms with Gasteiger partial charge < -0.3 is 5.32 Å². The van der Waals surface area contributed by atoms with Crippen LogP contribution in [-0.4, -0.2) is 18.0 Å². The van der Waals surface area contributed by atoms with Crippen LogP contribution in [0.3, 0.4) is 0 Å². The number of carbonyl (C=O) groups excluding carboxylic acids is 1. The summed E-state index contributed by atoms with van der Waals surface area (Å²) in [5.74, 6) is 0.116. The highest BCUT2D eigenvalue weighted by molar-refractivity contribution is 7.10. The molecule has 1 aliphatic carbocycles. The fourth-order valence-corrected chi connectivity index (χ4v) is 3.83. The normalized spacial score (nSPS) is 17.4. The minimum absolute atomic E-state index is 0.116. The van der Waals surface area contributed by atoms with Gasteiger partial charge in [0, 0.05) is 28.3 Å². The van der Waals surface area contributed by atoms with Crippen LogP contribution in [0.4, 0.5) is 0 Å². The fourth-order valence-electron chi connectivity index (χ4n) is 2.29. The third-order valence-corrected chi connectivity index (χ3v) is 5.52. The molecule has 0 aromatic carbocycles. The Morgan fingerprint density at radius 1 is 1.29 bits per heavy atom. The molecule has 0 bridgehead atoms. The van der Waals surface area contributed by atoms with E-state index >= 15 is 0 Å². The smallest absolute Gasteiger partial charge is 0.237 e. The standard InChI is InChI=1S/C16H20N2OS2/c1-11(16(19)18-12-6-7-12)17-14(15-5-3-9-21-15)10-13-4-2-8-20-13/h2-5,8-9,11-12,14,17H,6-7,10H2,1H3,(H,18,19). The Balaban J connectivity index is 1.65. The predicted molar refractivity (Wildman–Crippen MR) is 88.8 cm³/mol. The average molecular weight is 320 g/mol.